The van der Waals surface area contributed by atoms with Gasteiger partial charge in [-0.3, -0.25) is 5.32 Å². The molecule has 33 heavy (non-hydrogen) atoms. The van der Waals surface area contributed by atoms with Crippen molar-refractivity contribution >= 4 is 29.2 Å². The maximum absolute atomic E-state index is 14.3. The standard InChI is InChI=1S/C23H21ClFN5O3/c24-17-4-2-15(12-18(17)25)21-22(27-16-3-5-19-20(13-16)33-11-10-32-19)28-23(31)30(21)8-1-7-29-9-6-26-14-29/h2-6,9,12-14,21H,1,7-8,10-11H2,(H,27,28,31). The second kappa shape index (κ2) is 9.11. The second-order valence-electron chi connectivity index (χ2n) is 7.68. The Morgan fingerprint density at radius 3 is 2.79 bits per heavy atom. The molecular weight excluding hydrogens is 449 g/mol. The van der Waals surface area contributed by atoms with E-state index < -0.39 is 11.9 Å². The SMILES string of the molecule is O=C1N/C(=N\c2ccc3c(c2)OCCO3)C(c2ccc(Cl)c(F)c2)N1CCCn1ccnc1. The van der Waals surface area contributed by atoms with Crippen molar-refractivity contribution in [2.45, 2.75) is 19.0 Å². The molecule has 1 aromatic heterocycles. The number of fused-ring (bicyclic) bond motifs is 1. The van der Waals surface area contributed by atoms with Gasteiger partial charge in [0.1, 0.15) is 30.9 Å². The number of aliphatic imine (C=N–C) groups is 1. The average molecular weight is 470 g/mol. The molecule has 2 amide bonds. The van der Waals surface area contributed by atoms with Gasteiger partial charge in [0.15, 0.2) is 11.5 Å². The molecule has 2 aliphatic rings. The third-order valence-electron chi connectivity index (χ3n) is 5.48. The zero-order valence-corrected chi connectivity index (χ0v) is 18.3. The molecule has 2 aliphatic heterocycles. The fourth-order valence-electron chi connectivity index (χ4n) is 3.94. The lowest BCUT2D eigenvalue weighted by Gasteiger charge is -2.23. The fraction of sp³-hybridized carbons (Fsp3) is 0.261. The number of urea groups is 1. The van der Waals surface area contributed by atoms with Crippen LogP contribution in [0.3, 0.4) is 0 Å². The van der Waals surface area contributed by atoms with E-state index in [-0.39, 0.29) is 11.1 Å². The minimum atomic E-state index is -0.583. The lowest BCUT2D eigenvalue weighted by molar-refractivity contribution is 0.171. The molecule has 1 fully saturated rings. The Kier molecular flexibility index (Phi) is 5.87. The van der Waals surface area contributed by atoms with E-state index in [2.05, 4.69) is 15.3 Å². The quantitative estimate of drug-likeness (QED) is 0.582. The molecule has 1 unspecified atom stereocenters. The maximum atomic E-state index is 14.3. The Balaban J connectivity index is 1.45. The number of aryl methyl sites for hydroxylation is 1. The highest BCUT2D eigenvalue weighted by atomic mass is 35.5. The van der Waals surface area contributed by atoms with Crippen LogP contribution in [0, 0.1) is 5.82 Å². The molecule has 0 saturated carbocycles. The van der Waals surface area contributed by atoms with Crippen molar-refractivity contribution < 1.29 is 18.7 Å². The lowest BCUT2D eigenvalue weighted by atomic mass is 10.0. The van der Waals surface area contributed by atoms with Gasteiger partial charge in [-0.25, -0.2) is 19.2 Å². The molecule has 10 heteroatoms. The first-order valence-electron chi connectivity index (χ1n) is 10.5. The molecule has 2 aromatic carbocycles. The molecule has 3 aromatic rings. The molecule has 1 atom stereocenters. The zero-order valence-electron chi connectivity index (χ0n) is 17.6. The number of aromatic nitrogens is 2. The summed E-state index contributed by atoms with van der Waals surface area (Å²) in [5, 5.41) is 2.87. The van der Waals surface area contributed by atoms with Gasteiger partial charge in [0.25, 0.3) is 0 Å². The highest BCUT2D eigenvalue weighted by molar-refractivity contribution is 6.30. The number of benzene rings is 2. The summed E-state index contributed by atoms with van der Waals surface area (Å²) >= 11 is 5.89. The first-order chi connectivity index (χ1) is 16.1. The van der Waals surface area contributed by atoms with Gasteiger partial charge in [-0.2, -0.15) is 0 Å². The number of hydrogen-bond donors (Lipinski definition) is 1. The van der Waals surface area contributed by atoms with Gasteiger partial charge in [0.2, 0.25) is 0 Å². The van der Waals surface area contributed by atoms with E-state index in [1.807, 2.05) is 10.8 Å². The summed E-state index contributed by atoms with van der Waals surface area (Å²) in [6.07, 6.45) is 5.99. The molecule has 0 bridgehead atoms. The van der Waals surface area contributed by atoms with Crippen LogP contribution in [0.15, 0.2) is 60.1 Å². The van der Waals surface area contributed by atoms with Crippen LogP contribution in [-0.4, -0.2) is 46.1 Å². The number of imidazole rings is 1. The topological polar surface area (TPSA) is 81.0 Å². The first kappa shape index (κ1) is 21.3. The number of carbonyl (C=O) groups excluding carboxylic acids is 1. The molecule has 3 heterocycles. The van der Waals surface area contributed by atoms with Crippen molar-refractivity contribution in [1.82, 2.24) is 19.8 Å². The summed E-state index contributed by atoms with van der Waals surface area (Å²) in [6.45, 7) is 2.09. The average Bonchev–Trinajstić information content (AvgIpc) is 3.44. The van der Waals surface area contributed by atoms with Gasteiger partial charge in [0, 0.05) is 31.5 Å². The number of hydrogen-bond acceptors (Lipinski definition) is 5. The van der Waals surface area contributed by atoms with Gasteiger partial charge < -0.3 is 18.9 Å². The fourth-order valence-corrected chi connectivity index (χ4v) is 4.06. The van der Waals surface area contributed by atoms with Gasteiger partial charge in [-0.05, 0) is 36.2 Å². The number of nitrogens with one attached hydrogen (secondary N) is 1. The molecule has 1 saturated heterocycles. The van der Waals surface area contributed by atoms with E-state index in [9.17, 15) is 9.18 Å². The van der Waals surface area contributed by atoms with E-state index in [4.69, 9.17) is 21.1 Å². The Morgan fingerprint density at radius 2 is 2.00 bits per heavy atom. The van der Waals surface area contributed by atoms with Crippen molar-refractivity contribution in [3.8, 4) is 11.5 Å². The number of amides is 2. The smallest absolute Gasteiger partial charge is 0.323 e. The maximum Gasteiger partial charge on any atom is 0.323 e. The molecule has 0 spiro atoms. The summed E-state index contributed by atoms with van der Waals surface area (Å²) in [5.74, 6) is 1.10. The number of nitrogens with zero attached hydrogens (tertiary/aromatic N) is 4. The van der Waals surface area contributed by atoms with Crippen molar-refractivity contribution in [3.05, 3.63) is 71.5 Å². The van der Waals surface area contributed by atoms with Crippen LogP contribution in [0.25, 0.3) is 0 Å². The Bertz CT molecular complexity index is 1200. The van der Waals surface area contributed by atoms with E-state index in [0.717, 1.165) is 0 Å². The molecule has 5 rings (SSSR count). The molecule has 170 valence electrons. The monoisotopic (exact) mass is 469 g/mol. The third kappa shape index (κ3) is 4.49. The molecular formula is C23H21ClFN5O3. The number of halogens is 2. The van der Waals surface area contributed by atoms with E-state index in [0.29, 0.717) is 61.3 Å². The van der Waals surface area contributed by atoms with Crippen LogP contribution in [-0.2, 0) is 6.54 Å². The van der Waals surface area contributed by atoms with Crippen molar-refractivity contribution in [2.75, 3.05) is 19.8 Å². The van der Waals surface area contributed by atoms with Crippen molar-refractivity contribution in [2.24, 2.45) is 4.99 Å². The summed E-state index contributed by atoms with van der Waals surface area (Å²) < 4.78 is 27.4. The van der Waals surface area contributed by atoms with Crippen molar-refractivity contribution in [1.29, 1.82) is 0 Å². The van der Waals surface area contributed by atoms with Gasteiger partial charge in [0.05, 0.1) is 17.0 Å². The Labute approximate surface area is 194 Å². The zero-order chi connectivity index (χ0) is 22.8. The molecule has 0 radical (unpaired) electrons. The predicted molar refractivity (Wildman–Crippen MR) is 121 cm³/mol. The molecule has 8 nitrogen and oxygen atoms in total. The van der Waals surface area contributed by atoms with E-state index >= 15 is 0 Å². The largest absolute Gasteiger partial charge is 0.486 e. The van der Waals surface area contributed by atoms with Gasteiger partial charge in [-0.15, -0.1) is 0 Å². The summed E-state index contributed by atoms with van der Waals surface area (Å²) in [6, 6.07) is 8.99. The summed E-state index contributed by atoms with van der Waals surface area (Å²) in [5.41, 5.74) is 1.17. The van der Waals surface area contributed by atoms with Crippen LogP contribution in [0.2, 0.25) is 5.02 Å². The molecule has 1 N–H and O–H groups in total. The Hall–Kier alpha value is -3.59. The number of carbonyl (C=O) groups is 1. The van der Waals surface area contributed by atoms with Crippen LogP contribution >= 0.6 is 11.6 Å². The first-order valence-corrected chi connectivity index (χ1v) is 10.9. The van der Waals surface area contributed by atoms with Crippen molar-refractivity contribution in [3.63, 3.8) is 0 Å². The highest BCUT2D eigenvalue weighted by Crippen LogP contribution is 2.35. The predicted octanol–water partition coefficient (Wildman–Crippen LogP) is 4.33. The summed E-state index contributed by atoms with van der Waals surface area (Å²) in [7, 11) is 0. The summed E-state index contributed by atoms with van der Waals surface area (Å²) in [4.78, 5) is 23.2. The minimum absolute atomic E-state index is 0.0213. The number of amidine groups is 1. The minimum Gasteiger partial charge on any atom is -0.486 e. The third-order valence-corrected chi connectivity index (χ3v) is 5.78. The highest BCUT2D eigenvalue weighted by Gasteiger charge is 2.37. The Morgan fingerprint density at radius 1 is 1.15 bits per heavy atom. The lowest BCUT2D eigenvalue weighted by Crippen LogP contribution is -2.31. The van der Waals surface area contributed by atoms with Gasteiger partial charge >= 0.3 is 6.03 Å². The van der Waals surface area contributed by atoms with Crippen LogP contribution < -0.4 is 14.8 Å². The number of ether oxygens (including phenoxy) is 2. The van der Waals surface area contributed by atoms with Crippen LogP contribution in [0.4, 0.5) is 14.9 Å². The van der Waals surface area contributed by atoms with Crippen LogP contribution in [0.5, 0.6) is 11.5 Å². The van der Waals surface area contributed by atoms with Crippen LogP contribution in [0.1, 0.15) is 18.0 Å². The van der Waals surface area contributed by atoms with E-state index in [1.165, 1.54) is 12.1 Å². The second-order valence-corrected chi connectivity index (χ2v) is 8.09. The van der Waals surface area contributed by atoms with Gasteiger partial charge in [-0.1, -0.05) is 17.7 Å². The normalized spacial score (nSPS) is 18.6. The van der Waals surface area contributed by atoms with E-state index in [1.54, 1.807) is 41.7 Å². The molecule has 0 aliphatic carbocycles. The number of rotatable bonds is 6.